The van der Waals surface area contributed by atoms with Crippen LogP contribution in [0.5, 0.6) is 0 Å². The van der Waals surface area contributed by atoms with Crippen LogP contribution in [0.3, 0.4) is 0 Å². The molecule has 98 valence electrons. The second-order valence-electron chi connectivity index (χ2n) is 4.30. The SMILES string of the molecule is Nc1nc2ccccc2c(=O)n1C(=O)c1ccccc1. The number of aromatic nitrogens is 2. The second-order valence-corrected chi connectivity index (χ2v) is 4.30. The summed E-state index contributed by atoms with van der Waals surface area (Å²) in [6.07, 6.45) is 0. The molecule has 1 aromatic heterocycles. The number of nitrogens with zero attached hydrogens (tertiary/aromatic N) is 2. The van der Waals surface area contributed by atoms with E-state index in [4.69, 9.17) is 5.73 Å². The molecule has 3 rings (SSSR count). The maximum Gasteiger partial charge on any atom is 0.269 e. The molecule has 0 saturated carbocycles. The van der Waals surface area contributed by atoms with Crippen LogP contribution in [0, 0.1) is 0 Å². The average Bonchev–Trinajstić information content (AvgIpc) is 2.48. The van der Waals surface area contributed by atoms with Gasteiger partial charge in [-0.05, 0) is 24.3 Å². The Bertz CT molecular complexity index is 854. The van der Waals surface area contributed by atoms with Crippen LogP contribution in [0.15, 0.2) is 59.4 Å². The molecule has 0 saturated heterocycles. The van der Waals surface area contributed by atoms with E-state index in [-0.39, 0.29) is 5.95 Å². The van der Waals surface area contributed by atoms with Crippen molar-refractivity contribution in [2.45, 2.75) is 0 Å². The minimum atomic E-state index is -0.480. The van der Waals surface area contributed by atoms with Crippen molar-refractivity contribution in [1.29, 1.82) is 0 Å². The first-order chi connectivity index (χ1) is 9.68. The normalized spacial score (nSPS) is 10.6. The molecule has 1 heterocycles. The van der Waals surface area contributed by atoms with E-state index in [0.717, 1.165) is 4.57 Å². The van der Waals surface area contributed by atoms with Gasteiger partial charge in [0.05, 0.1) is 10.9 Å². The monoisotopic (exact) mass is 265 g/mol. The molecule has 2 aromatic carbocycles. The van der Waals surface area contributed by atoms with Crippen LogP contribution in [-0.4, -0.2) is 15.5 Å². The quantitative estimate of drug-likeness (QED) is 0.726. The van der Waals surface area contributed by atoms with Gasteiger partial charge in [0.2, 0.25) is 5.95 Å². The number of hydrogen-bond donors (Lipinski definition) is 1. The predicted octanol–water partition coefficient (Wildman–Crippen LogP) is 1.67. The molecule has 20 heavy (non-hydrogen) atoms. The summed E-state index contributed by atoms with van der Waals surface area (Å²) in [5, 5.41) is 0.367. The van der Waals surface area contributed by atoms with Crippen molar-refractivity contribution in [3.05, 3.63) is 70.5 Å². The lowest BCUT2D eigenvalue weighted by molar-refractivity contribution is 0.0958. The topological polar surface area (TPSA) is 78.0 Å². The van der Waals surface area contributed by atoms with Gasteiger partial charge in [-0.25, -0.2) is 9.55 Å². The number of anilines is 1. The Hall–Kier alpha value is -2.95. The molecule has 3 aromatic rings. The highest BCUT2D eigenvalue weighted by Crippen LogP contribution is 2.10. The minimum absolute atomic E-state index is 0.109. The van der Waals surface area contributed by atoms with E-state index < -0.39 is 11.5 Å². The summed E-state index contributed by atoms with van der Waals surface area (Å²) in [4.78, 5) is 28.9. The Labute approximate surface area is 114 Å². The maximum absolute atomic E-state index is 12.4. The van der Waals surface area contributed by atoms with Crippen LogP contribution in [0.25, 0.3) is 10.9 Å². The zero-order chi connectivity index (χ0) is 14.1. The fourth-order valence-corrected chi connectivity index (χ4v) is 2.06. The zero-order valence-electron chi connectivity index (χ0n) is 10.5. The van der Waals surface area contributed by atoms with Crippen LogP contribution in [0.4, 0.5) is 5.95 Å². The van der Waals surface area contributed by atoms with Gasteiger partial charge < -0.3 is 5.73 Å². The Morgan fingerprint density at radius 2 is 1.65 bits per heavy atom. The molecule has 0 atom stereocenters. The highest BCUT2D eigenvalue weighted by molar-refractivity contribution is 5.98. The predicted molar refractivity (Wildman–Crippen MR) is 76.6 cm³/mol. The summed E-state index contributed by atoms with van der Waals surface area (Å²) in [7, 11) is 0. The average molecular weight is 265 g/mol. The molecule has 0 bridgehead atoms. The third-order valence-corrected chi connectivity index (χ3v) is 3.03. The van der Waals surface area contributed by atoms with Crippen molar-refractivity contribution in [3.63, 3.8) is 0 Å². The number of nitrogens with two attached hydrogens (primary N) is 1. The maximum atomic E-state index is 12.4. The van der Waals surface area contributed by atoms with E-state index >= 15 is 0 Å². The summed E-state index contributed by atoms with van der Waals surface area (Å²) in [5.41, 5.74) is 6.17. The molecule has 0 amide bonds. The van der Waals surface area contributed by atoms with Gasteiger partial charge in [-0.3, -0.25) is 9.59 Å². The summed E-state index contributed by atoms with van der Waals surface area (Å²) < 4.78 is 0.900. The second kappa shape index (κ2) is 4.62. The molecule has 0 aliphatic heterocycles. The molecule has 5 nitrogen and oxygen atoms in total. The third kappa shape index (κ3) is 1.85. The first-order valence-corrected chi connectivity index (χ1v) is 6.05. The van der Waals surface area contributed by atoms with Crippen molar-refractivity contribution in [2.24, 2.45) is 0 Å². The van der Waals surface area contributed by atoms with Crippen molar-refractivity contribution in [2.75, 3.05) is 5.73 Å². The Morgan fingerprint density at radius 3 is 2.40 bits per heavy atom. The highest BCUT2D eigenvalue weighted by atomic mass is 16.2. The first kappa shape index (κ1) is 12.1. The van der Waals surface area contributed by atoms with Gasteiger partial charge in [0.15, 0.2) is 0 Å². The van der Waals surface area contributed by atoms with Gasteiger partial charge in [0.1, 0.15) is 0 Å². The van der Waals surface area contributed by atoms with Gasteiger partial charge in [-0.1, -0.05) is 30.3 Å². The smallest absolute Gasteiger partial charge is 0.269 e. The van der Waals surface area contributed by atoms with Crippen molar-refractivity contribution >= 4 is 22.8 Å². The fourth-order valence-electron chi connectivity index (χ4n) is 2.06. The lowest BCUT2D eigenvalue weighted by atomic mass is 10.2. The summed E-state index contributed by atoms with van der Waals surface area (Å²) in [6.45, 7) is 0. The molecular formula is C15H11N3O2. The lowest BCUT2D eigenvalue weighted by Crippen LogP contribution is -2.30. The summed E-state index contributed by atoms with van der Waals surface area (Å²) in [5.74, 6) is -0.589. The molecule has 0 unspecified atom stereocenters. The Kier molecular flexibility index (Phi) is 2.80. The lowest BCUT2D eigenvalue weighted by Gasteiger charge is -2.08. The van der Waals surface area contributed by atoms with Gasteiger partial charge in [0, 0.05) is 5.56 Å². The fraction of sp³-hybridized carbons (Fsp3) is 0. The number of benzene rings is 2. The van der Waals surface area contributed by atoms with Crippen LogP contribution in [-0.2, 0) is 0 Å². The summed E-state index contributed by atoms with van der Waals surface area (Å²) >= 11 is 0. The van der Waals surface area contributed by atoms with Gasteiger partial charge in [0.25, 0.3) is 11.5 Å². The zero-order valence-corrected chi connectivity index (χ0v) is 10.5. The number of nitrogen functional groups attached to an aromatic ring is 1. The molecule has 2 N–H and O–H groups in total. The minimum Gasteiger partial charge on any atom is -0.369 e. The number of rotatable bonds is 1. The third-order valence-electron chi connectivity index (χ3n) is 3.03. The van der Waals surface area contributed by atoms with E-state index in [1.165, 1.54) is 0 Å². The standard InChI is InChI=1S/C15H11N3O2/c16-15-17-12-9-5-4-8-11(12)14(20)18(15)13(19)10-6-2-1-3-7-10/h1-9H,(H2,16,17). The molecule has 0 spiro atoms. The van der Waals surface area contributed by atoms with Gasteiger partial charge >= 0.3 is 0 Å². The van der Waals surface area contributed by atoms with Gasteiger partial charge in [-0.15, -0.1) is 0 Å². The van der Waals surface area contributed by atoms with Crippen LogP contribution in [0.2, 0.25) is 0 Å². The van der Waals surface area contributed by atoms with Crippen LogP contribution >= 0.6 is 0 Å². The molecular weight excluding hydrogens is 254 g/mol. The highest BCUT2D eigenvalue weighted by Gasteiger charge is 2.16. The van der Waals surface area contributed by atoms with Gasteiger partial charge in [-0.2, -0.15) is 0 Å². The number of fused-ring (bicyclic) bond motifs is 1. The van der Waals surface area contributed by atoms with Crippen LogP contribution < -0.4 is 11.3 Å². The number of hydrogen-bond acceptors (Lipinski definition) is 4. The van der Waals surface area contributed by atoms with E-state index in [1.807, 2.05) is 0 Å². The molecule has 5 heteroatoms. The van der Waals surface area contributed by atoms with Crippen LogP contribution in [0.1, 0.15) is 10.4 Å². The number of carbonyl (C=O) groups excluding carboxylic acids is 1. The van der Waals surface area contributed by atoms with E-state index in [2.05, 4.69) is 4.98 Å². The largest absolute Gasteiger partial charge is 0.369 e. The summed E-state index contributed by atoms with van der Waals surface area (Å²) in [6, 6.07) is 15.3. The Balaban J connectivity index is 2.27. The van der Waals surface area contributed by atoms with Crippen molar-refractivity contribution in [1.82, 2.24) is 9.55 Å². The van der Waals surface area contributed by atoms with Crippen molar-refractivity contribution in [3.8, 4) is 0 Å². The number of para-hydroxylation sites is 1. The number of carbonyl (C=O) groups is 1. The molecule has 0 aliphatic rings. The molecule has 0 aliphatic carbocycles. The molecule has 0 radical (unpaired) electrons. The van der Waals surface area contributed by atoms with Crippen molar-refractivity contribution < 1.29 is 4.79 Å². The first-order valence-electron chi connectivity index (χ1n) is 6.05. The molecule has 0 fully saturated rings. The Morgan fingerprint density at radius 1 is 1.00 bits per heavy atom. The van der Waals surface area contributed by atoms with E-state index in [1.54, 1.807) is 54.6 Å². The van der Waals surface area contributed by atoms with E-state index in [9.17, 15) is 9.59 Å². The van der Waals surface area contributed by atoms with E-state index in [0.29, 0.717) is 16.5 Å².